The molecule has 2 aliphatic carbocycles. The number of likely N-dealkylation sites (N-methyl/N-ethyl adjacent to an activating group) is 1. The highest BCUT2D eigenvalue weighted by atomic mass is 16.5. The Labute approximate surface area is 167 Å². The van der Waals surface area contributed by atoms with E-state index in [9.17, 15) is 9.59 Å². The highest BCUT2D eigenvalue weighted by molar-refractivity contribution is 5.95. The number of carbonyl (C=O) groups is 2. The molecule has 2 amide bonds. The monoisotopic (exact) mass is 385 g/mol. The van der Waals surface area contributed by atoms with Gasteiger partial charge in [-0.1, -0.05) is 0 Å². The second-order valence-corrected chi connectivity index (χ2v) is 8.83. The molecule has 0 aromatic heterocycles. The highest BCUT2D eigenvalue weighted by Crippen LogP contribution is 2.47. The lowest BCUT2D eigenvalue weighted by Gasteiger charge is -2.37. The topological polar surface area (TPSA) is 53.1 Å². The van der Waals surface area contributed by atoms with E-state index in [-0.39, 0.29) is 17.9 Å². The van der Waals surface area contributed by atoms with Crippen molar-refractivity contribution in [3.05, 3.63) is 23.8 Å². The van der Waals surface area contributed by atoms with Crippen molar-refractivity contribution in [1.82, 2.24) is 9.80 Å². The maximum atomic E-state index is 13.0. The van der Waals surface area contributed by atoms with Crippen molar-refractivity contribution < 1.29 is 14.3 Å². The average molecular weight is 386 g/mol. The van der Waals surface area contributed by atoms with E-state index in [1.54, 1.807) is 25.1 Å². The van der Waals surface area contributed by atoms with Crippen molar-refractivity contribution in [2.75, 3.05) is 39.7 Å². The third-order valence-electron chi connectivity index (χ3n) is 6.43. The summed E-state index contributed by atoms with van der Waals surface area (Å²) in [4.78, 5) is 31.0. The molecule has 0 bridgehead atoms. The summed E-state index contributed by atoms with van der Waals surface area (Å²) in [6, 6.07) is 5.92. The van der Waals surface area contributed by atoms with Crippen molar-refractivity contribution in [3.63, 3.8) is 0 Å². The molecule has 0 spiro atoms. The first-order valence-electron chi connectivity index (χ1n) is 10.3. The minimum Gasteiger partial charge on any atom is -0.489 e. The van der Waals surface area contributed by atoms with Crippen molar-refractivity contribution >= 4 is 17.5 Å². The van der Waals surface area contributed by atoms with Crippen LogP contribution in [0.2, 0.25) is 0 Å². The molecule has 0 saturated heterocycles. The summed E-state index contributed by atoms with van der Waals surface area (Å²) in [5, 5.41) is 0. The quantitative estimate of drug-likeness (QED) is 0.755. The first-order valence-corrected chi connectivity index (χ1v) is 10.3. The van der Waals surface area contributed by atoms with E-state index in [1.165, 1.54) is 25.7 Å². The summed E-state index contributed by atoms with van der Waals surface area (Å²) in [6.45, 7) is 0.488. The van der Waals surface area contributed by atoms with Gasteiger partial charge in [-0.3, -0.25) is 9.59 Å². The minimum atomic E-state index is -0.0363. The van der Waals surface area contributed by atoms with Crippen LogP contribution in [-0.4, -0.2) is 68.5 Å². The van der Waals surface area contributed by atoms with E-state index in [4.69, 9.17) is 4.74 Å². The van der Waals surface area contributed by atoms with Crippen molar-refractivity contribution in [1.29, 1.82) is 0 Å². The molecule has 6 heteroatoms. The predicted molar refractivity (Wildman–Crippen MR) is 109 cm³/mol. The van der Waals surface area contributed by atoms with Gasteiger partial charge in [0.2, 0.25) is 5.91 Å². The van der Waals surface area contributed by atoms with Crippen LogP contribution in [0.5, 0.6) is 5.75 Å². The standard InChI is InChI=1S/C22H31N3O3/c1-23(2)22(27)16-9-10-19-18(11-16)24(3)17(13-28-19)12-20(26)25(4)21(14-5-6-14)15-7-8-15/h9-11,14-15,17,21H,5-8,12-13H2,1-4H3/t17-/m1/s1. The third-order valence-corrected chi connectivity index (χ3v) is 6.43. The maximum absolute atomic E-state index is 13.0. The maximum Gasteiger partial charge on any atom is 0.253 e. The molecule has 28 heavy (non-hydrogen) atoms. The smallest absolute Gasteiger partial charge is 0.253 e. The van der Waals surface area contributed by atoms with Gasteiger partial charge in [-0.15, -0.1) is 0 Å². The molecule has 1 heterocycles. The number of ether oxygens (including phenoxy) is 1. The molecule has 1 aromatic rings. The first kappa shape index (κ1) is 19.1. The summed E-state index contributed by atoms with van der Waals surface area (Å²) in [5.74, 6) is 2.35. The number of fused-ring (bicyclic) bond motifs is 1. The van der Waals surface area contributed by atoms with Gasteiger partial charge in [0.05, 0.1) is 18.2 Å². The van der Waals surface area contributed by atoms with Crippen LogP contribution in [0, 0.1) is 11.8 Å². The first-order chi connectivity index (χ1) is 13.4. The third kappa shape index (κ3) is 3.69. The summed E-state index contributed by atoms with van der Waals surface area (Å²) in [6.07, 6.45) is 5.50. The lowest BCUT2D eigenvalue weighted by Crippen LogP contribution is -2.47. The van der Waals surface area contributed by atoms with Crippen LogP contribution in [0.25, 0.3) is 0 Å². The predicted octanol–water partition coefficient (Wildman–Crippen LogP) is 2.62. The fourth-order valence-electron chi connectivity index (χ4n) is 4.40. The molecule has 3 aliphatic rings. The molecule has 0 N–H and O–H groups in total. The van der Waals surface area contributed by atoms with E-state index in [0.29, 0.717) is 36.5 Å². The Balaban J connectivity index is 1.46. The van der Waals surface area contributed by atoms with Gasteiger partial charge in [0, 0.05) is 39.8 Å². The molecule has 0 radical (unpaired) electrons. The number of amides is 2. The Morgan fingerprint density at radius 1 is 1.14 bits per heavy atom. The Bertz CT molecular complexity index is 758. The van der Waals surface area contributed by atoms with Crippen LogP contribution >= 0.6 is 0 Å². The van der Waals surface area contributed by atoms with E-state index >= 15 is 0 Å². The summed E-state index contributed by atoms with van der Waals surface area (Å²) in [5.41, 5.74) is 1.51. The van der Waals surface area contributed by atoms with Gasteiger partial charge in [-0.05, 0) is 55.7 Å². The van der Waals surface area contributed by atoms with Crippen LogP contribution in [0.3, 0.4) is 0 Å². The van der Waals surface area contributed by atoms with Crippen LogP contribution in [0.1, 0.15) is 42.5 Å². The van der Waals surface area contributed by atoms with E-state index < -0.39 is 0 Å². The van der Waals surface area contributed by atoms with Crippen LogP contribution in [0.4, 0.5) is 5.69 Å². The average Bonchev–Trinajstić information content (AvgIpc) is 3.58. The largest absolute Gasteiger partial charge is 0.489 e. The number of carbonyl (C=O) groups excluding carboxylic acids is 2. The minimum absolute atomic E-state index is 0.0220. The van der Waals surface area contributed by atoms with Crippen molar-refractivity contribution in [2.45, 2.75) is 44.2 Å². The summed E-state index contributed by atoms with van der Waals surface area (Å²) in [7, 11) is 7.46. The Kier molecular flexibility index (Phi) is 4.98. The Morgan fingerprint density at radius 3 is 2.36 bits per heavy atom. The zero-order valence-electron chi connectivity index (χ0n) is 17.4. The number of hydrogen-bond acceptors (Lipinski definition) is 4. The molecule has 4 rings (SSSR count). The lowest BCUT2D eigenvalue weighted by atomic mass is 10.0. The SMILES string of the molecule is CN(C)C(=O)c1ccc2c(c1)N(C)[C@H](CC(=O)N(C)C(C1CC1)C1CC1)CO2. The van der Waals surface area contributed by atoms with Gasteiger partial charge in [0.25, 0.3) is 5.91 Å². The number of benzene rings is 1. The van der Waals surface area contributed by atoms with Crippen LogP contribution < -0.4 is 9.64 Å². The molecular formula is C22H31N3O3. The van der Waals surface area contributed by atoms with Crippen LogP contribution in [0.15, 0.2) is 18.2 Å². The second-order valence-electron chi connectivity index (χ2n) is 8.83. The van der Waals surface area contributed by atoms with Gasteiger partial charge >= 0.3 is 0 Å². The fourth-order valence-corrected chi connectivity index (χ4v) is 4.40. The molecular weight excluding hydrogens is 354 g/mol. The molecule has 0 unspecified atom stereocenters. The van der Waals surface area contributed by atoms with E-state index in [1.807, 2.05) is 31.1 Å². The van der Waals surface area contributed by atoms with Crippen molar-refractivity contribution in [2.24, 2.45) is 11.8 Å². The van der Waals surface area contributed by atoms with E-state index in [2.05, 4.69) is 4.90 Å². The molecule has 152 valence electrons. The van der Waals surface area contributed by atoms with Gasteiger partial charge in [0.15, 0.2) is 0 Å². The normalized spacial score (nSPS) is 21.2. The van der Waals surface area contributed by atoms with Gasteiger partial charge in [-0.25, -0.2) is 0 Å². The number of hydrogen-bond donors (Lipinski definition) is 0. The summed E-state index contributed by atoms with van der Waals surface area (Å²) >= 11 is 0. The fraction of sp³-hybridized carbons (Fsp3) is 0.636. The number of rotatable bonds is 6. The van der Waals surface area contributed by atoms with Gasteiger partial charge in [-0.2, -0.15) is 0 Å². The lowest BCUT2D eigenvalue weighted by molar-refractivity contribution is -0.133. The molecule has 6 nitrogen and oxygen atoms in total. The van der Waals surface area contributed by atoms with Gasteiger partial charge < -0.3 is 19.4 Å². The highest BCUT2D eigenvalue weighted by Gasteiger charge is 2.45. The second kappa shape index (κ2) is 7.30. The zero-order valence-corrected chi connectivity index (χ0v) is 17.4. The van der Waals surface area contributed by atoms with E-state index in [0.717, 1.165) is 11.4 Å². The number of anilines is 1. The molecule has 1 atom stereocenters. The Morgan fingerprint density at radius 2 is 1.79 bits per heavy atom. The molecule has 1 aliphatic heterocycles. The summed E-state index contributed by atoms with van der Waals surface area (Å²) < 4.78 is 5.93. The van der Waals surface area contributed by atoms with Crippen molar-refractivity contribution in [3.8, 4) is 5.75 Å². The Hall–Kier alpha value is -2.24. The molecule has 1 aromatic carbocycles. The van der Waals surface area contributed by atoms with Gasteiger partial charge in [0.1, 0.15) is 12.4 Å². The zero-order chi connectivity index (χ0) is 20.0. The molecule has 2 fully saturated rings. The van der Waals surface area contributed by atoms with Crippen LogP contribution in [-0.2, 0) is 4.79 Å². The number of nitrogens with zero attached hydrogens (tertiary/aromatic N) is 3. The molecule has 2 saturated carbocycles.